The van der Waals surface area contributed by atoms with E-state index < -0.39 is 60.2 Å². The van der Waals surface area contributed by atoms with Gasteiger partial charge in [-0.2, -0.15) is 0 Å². The van der Waals surface area contributed by atoms with Crippen LogP contribution in [-0.4, -0.2) is 100 Å². The SMILES string of the molecule is NC(N)=NCCCC(N)C(=O)NC(CC(=O)O)C(=O)NC(CCCN=C(N)N)C(=O)N1CCCC1C(=O)O. The lowest BCUT2D eigenvalue weighted by atomic mass is 10.1. The van der Waals surface area contributed by atoms with Crippen LogP contribution >= 0.6 is 0 Å². The number of guanidine groups is 2. The molecule has 0 spiro atoms. The number of nitrogens with zero attached hydrogens (tertiary/aromatic N) is 3. The fourth-order valence-corrected chi connectivity index (χ4v) is 3.83. The average Bonchev–Trinajstić information content (AvgIpc) is 3.32. The van der Waals surface area contributed by atoms with Gasteiger partial charge in [0, 0.05) is 19.6 Å². The summed E-state index contributed by atoms with van der Waals surface area (Å²) in [4.78, 5) is 70.4. The second-order valence-corrected chi connectivity index (χ2v) is 8.75. The molecule has 3 amide bonds. The number of hydrogen-bond donors (Lipinski definition) is 9. The fraction of sp³-hybridized carbons (Fsp3) is 0.667. The zero-order valence-corrected chi connectivity index (χ0v) is 21.0. The van der Waals surface area contributed by atoms with Crippen LogP contribution in [0.15, 0.2) is 9.98 Å². The smallest absolute Gasteiger partial charge is 0.326 e. The number of carbonyl (C=O) groups is 5. The number of aliphatic imine (C=N–C) groups is 2. The van der Waals surface area contributed by atoms with E-state index in [2.05, 4.69) is 20.6 Å². The number of nitrogens with two attached hydrogens (primary N) is 5. The summed E-state index contributed by atoms with van der Waals surface area (Å²) in [5.74, 6) is -5.21. The van der Waals surface area contributed by atoms with Crippen molar-refractivity contribution in [3.05, 3.63) is 0 Å². The minimum absolute atomic E-state index is 0.0300. The van der Waals surface area contributed by atoms with Gasteiger partial charge < -0.3 is 54.4 Å². The topological polar surface area (TPSA) is 308 Å². The minimum atomic E-state index is -1.55. The minimum Gasteiger partial charge on any atom is -0.481 e. The highest BCUT2D eigenvalue weighted by Crippen LogP contribution is 2.20. The summed E-state index contributed by atoms with van der Waals surface area (Å²) in [5.41, 5.74) is 26.9. The number of carbonyl (C=O) groups excluding carboxylic acids is 3. The van der Waals surface area contributed by atoms with Crippen molar-refractivity contribution in [3.8, 4) is 0 Å². The molecule has 14 N–H and O–H groups in total. The first-order valence-corrected chi connectivity index (χ1v) is 12.1. The van der Waals surface area contributed by atoms with Crippen molar-refractivity contribution >= 4 is 41.6 Å². The van der Waals surface area contributed by atoms with Gasteiger partial charge in [0.15, 0.2) is 11.9 Å². The van der Waals surface area contributed by atoms with Crippen LogP contribution < -0.4 is 39.3 Å². The fourth-order valence-electron chi connectivity index (χ4n) is 3.83. The van der Waals surface area contributed by atoms with Crippen LogP contribution in [-0.2, 0) is 24.0 Å². The average molecular weight is 543 g/mol. The third-order valence-corrected chi connectivity index (χ3v) is 5.70. The molecule has 0 aromatic heterocycles. The molecule has 17 nitrogen and oxygen atoms in total. The molecule has 0 aromatic rings. The Labute approximate surface area is 219 Å². The van der Waals surface area contributed by atoms with Gasteiger partial charge in [0.25, 0.3) is 0 Å². The molecule has 1 rings (SSSR count). The Hall–Kier alpha value is -4.15. The molecule has 1 saturated heterocycles. The molecule has 1 heterocycles. The second-order valence-electron chi connectivity index (χ2n) is 8.75. The van der Waals surface area contributed by atoms with Crippen LogP contribution in [0.2, 0.25) is 0 Å². The van der Waals surface area contributed by atoms with E-state index in [1.54, 1.807) is 0 Å². The zero-order chi connectivity index (χ0) is 28.8. The van der Waals surface area contributed by atoms with E-state index in [1.807, 2.05) is 0 Å². The van der Waals surface area contributed by atoms with E-state index in [0.717, 1.165) is 4.90 Å². The number of amides is 3. The predicted molar refractivity (Wildman–Crippen MR) is 136 cm³/mol. The molecular formula is C21H38N10O7. The molecule has 17 heteroatoms. The summed E-state index contributed by atoms with van der Waals surface area (Å²) in [5, 5.41) is 23.5. The predicted octanol–water partition coefficient (Wildman–Crippen LogP) is -4.06. The van der Waals surface area contributed by atoms with Crippen LogP contribution in [0, 0.1) is 0 Å². The highest BCUT2D eigenvalue weighted by molar-refractivity contribution is 5.95. The lowest BCUT2D eigenvalue weighted by molar-refractivity contribution is -0.149. The van der Waals surface area contributed by atoms with Crippen LogP contribution in [0.1, 0.15) is 44.9 Å². The largest absolute Gasteiger partial charge is 0.481 e. The standard InChI is InChI=1S/C21H38N10O7/c22-11(4-1-7-27-20(23)24)16(34)30-13(10-15(32)33)17(35)29-12(5-2-8-28-21(25)26)18(36)31-9-3-6-14(31)19(37)38/h11-14H,1-10,22H2,(H,29,35)(H,30,34)(H,32,33)(H,37,38)(H4,23,24,27)(H4,25,26,28). The number of rotatable bonds is 16. The van der Waals surface area contributed by atoms with Crippen molar-refractivity contribution in [2.24, 2.45) is 38.7 Å². The Kier molecular flexibility index (Phi) is 13.3. The van der Waals surface area contributed by atoms with Crippen molar-refractivity contribution in [1.29, 1.82) is 0 Å². The van der Waals surface area contributed by atoms with Gasteiger partial charge in [-0.3, -0.25) is 29.2 Å². The molecule has 0 aliphatic carbocycles. The van der Waals surface area contributed by atoms with Gasteiger partial charge in [0.1, 0.15) is 18.1 Å². The maximum Gasteiger partial charge on any atom is 0.326 e. The second kappa shape index (κ2) is 15.9. The van der Waals surface area contributed by atoms with E-state index in [4.69, 9.17) is 28.7 Å². The Balaban J connectivity index is 2.97. The van der Waals surface area contributed by atoms with E-state index in [0.29, 0.717) is 12.8 Å². The summed E-state index contributed by atoms with van der Waals surface area (Å²) in [6.45, 7) is 0.536. The molecule has 0 saturated carbocycles. The molecule has 0 aromatic carbocycles. The normalized spacial score (nSPS) is 17.0. The first-order chi connectivity index (χ1) is 17.8. The van der Waals surface area contributed by atoms with Crippen molar-refractivity contribution < 1.29 is 34.2 Å². The summed E-state index contributed by atoms with van der Waals surface area (Å²) in [6.07, 6.45) is 0.731. The highest BCUT2D eigenvalue weighted by Gasteiger charge is 2.38. The first-order valence-electron chi connectivity index (χ1n) is 12.1. The van der Waals surface area contributed by atoms with Crippen LogP contribution in [0.3, 0.4) is 0 Å². The summed E-state index contributed by atoms with van der Waals surface area (Å²) in [6, 6.07) is -4.89. The van der Waals surface area contributed by atoms with Crippen molar-refractivity contribution in [1.82, 2.24) is 15.5 Å². The van der Waals surface area contributed by atoms with Crippen LogP contribution in [0.4, 0.5) is 0 Å². The molecule has 1 aliphatic heterocycles. The molecular weight excluding hydrogens is 504 g/mol. The van der Waals surface area contributed by atoms with Crippen molar-refractivity contribution in [3.63, 3.8) is 0 Å². The van der Waals surface area contributed by atoms with Gasteiger partial charge in [0.05, 0.1) is 12.5 Å². The molecule has 0 radical (unpaired) electrons. The van der Waals surface area contributed by atoms with Gasteiger partial charge in [-0.05, 0) is 38.5 Å². The maximum atomic E-state index is 13.2. The molecule has 214 valence electrons. The third-order valence-electron chi connectivity index (χ3n) is 5.70. The molecule has 1 fully saturated rings. The quantitative estimate of drug-likeness (QED) is 0.0511. The van der Waals surface area contributed by atoms with E-state index in [1.165, 1.54) is 0 Å². The monoisotopic (exact) mass is 542 g/mol. The summed E-state index contributed by atoms with van der Waals surface area (Å²) < 4.78 is 0. The highest BCUT2D eigenvalue weighted by atomic mass is 16.4. The number of carboxylic acid groups (broad SMARTS) is 2. The van der Waals surface area contributed by atoms with Crippen LogP contribution in [0.5, 0.6) is 0 Å². The number of carboxylic acids is 2. The lowest BCUT2D eigenvalue weighted by Gasteiger charge is -2.28. The first kappa shape index (κ1) is 31.9. The lowest BCUT2D eigenvalue weighted by Crippen LogP contribution is -2.57. The molecule has 0 bridgehead atoms. The number of hydrogen-bond acceptors (Lipinski definition) is 8. The van der Waals surface area contributed by atoms with Gasteiger partial charge in [-0.1, -0.05) is 0 Å². The maximum absolute atomic E-state index is 13.2. The van der Waals surface area contributed by atoms with E-state index in [-0.39, 0.29) is 57.2 Å². The Morgan fingerprint density at radius 2 is 1.42 bits per heavy atom. The van der Waals surface area contributed by atoms with Crippen molar-refractivity contribution in [2.75, 3.05) is 19.6 Å². The van der Waals surface area contributed by atoms with E-state index in [9.17, 15) is 34.2 Å². The zero-order valence-electron chi connectivity index (χ0n) is 21.0. The Morgan fingerprint density at radius 3 is 1.95 bits per heavy atom. The van der Waals surface area contributed by atoms with Crippen LogP contribution in [0.25, 0.3) is 0 Å². The molecule has 38 heavy (non-hydrogen) atoms. The molecule has 1 aliphatic rings. The summed E-state index contributed by atoms with van der Waals surface area (Å²) >= 11 is 0. The molecule has 4 atom stereocenters. The molecule has 4 unspecified atom stereocenters. The Morgan fingerprint density at radius 1 is 0.868 bits per heavy atom. The number of aliphatic carboxylic acids is 2. The third kappa shape index (κ3) is 11.3. The van der Waals surface area contributed by atoms with Gasteiger partial charge in [-0.25, -0.2) is 4.79 Å². The number of likely N-dealkylation sites (tertiary alicyclic amines) is 1. The Bertz CT molecular complexity index is 918. The number of nitrogens with one attached hydrogen (secondary N) is 2. The van der Waals surface area contributed by atoms with Gasteiger partial charge in [0.2, 0.25) is 17.7 Å². The summed E-state index contributed by atoms with van der Waals surface area (Å²) in [7, 11) is 0. The van der Waals surface area contributed by atoms with Gasteiger partial charge >= 0.3 is 11.9 Å². The van der Waals surface area contributed by atoms with Crippen molar-refractivity contribution in [2.45, 2.75) is 69.1 Å². The van der Waals surface area contributed by atoms with Gasteiger partial charge in [-0.15, -0.1) is 0 Å². The van der Waals surface area contributed by atoms with E-state index >= 15 is 0 Å².